The van der Waals surface area contributed by atoms with Crippen LogP contribution in [0.5, 0.6) is 0 Å². The largest absolute Gasteiger partial charge is 0.384 e. The van der Waals surface area contributed by atoms with Crippen molar-refractivity contribution in [3.63, 3.8) is 0 Å². The van der Waals surface area contributed by atoms with Crippen LogP contribution in [-0.2, 0) is 13.6 Å². The highest BCUT2D eigenvalue weighted by Gasteiger charge is 2.23. The zero-order valence-electron chi connectivity index (χ0n) is 20.3. The zero-order valence-corrected chi connectivity index (χ0v) is 21.1. The molecule has 10 heteroatoms. The molecule has 0 aliphatic carbocycles. The van der Waals surface area contributed by atoms with Gasteiger partial charge in [0.05, 0.1) is 23.2 Å². The van der Waals surface area contributed by atoms with Crippen molar-refractivity contribution in [2.75, 3.05) is 11.5 Å². The van der Waals surface area contributed by atoms with Gasteiger partial charge >= 0.3 is 5.69 Å². The van der Waals surface area contributed by atoms with Gasteiger partial charge in [-0.3, -0.25) is 28.1 Å². The van der Waals surface area contributed by atoms with Crippen molar-refractivity contribution in [1.29, 1.82) is 0 Å². The van der Waals surface area contributed by atoms with Gasteiger partial charge in [0.25, 0.3) is 11.1 Å². The summed E-state index contributed by atoms with van der Waals surface area (Å²) in [5.41, 5.74) is 5.76. The van der Waals surface area contributed by atoms with Crippen LogP contribution in [0, 0.1) is 0 Å². The molecule has 4 rings (SSSR count). The Morgan fingerprint density at radius 3 is 2.39 bits per heavy atom. The Bertz CT molecular complexity index is 1620. The molecule has 1 unspecified atom stereocenters. The van der Waals surface area contributed by atoms with Crippen molar-refractivity contribution in [2.45, 2.75) is 38.0 Å². The number of anilines is 1. The fourth-order valence-corrected chi connectivity index (χ4v) is 4.93. The van der Waals surface area contributed by atoms with E-state index >= 15 is 0 Å². The maximum absolute atomic E-state index is 13.3. The van der Waals surface area contributed by atoms with Crippen LogP contribution in [-0.4, -0.2) is 30.2 Å². The number of hydrogen-bond donors (Lipinski definition) is 1. The van der Waals surface area contributed by atoms with E-state index in [9.17, 15) is 19.2 Å². The van der Waals surface area contributed by atoms with Gasteiger partial charge in [-0.15, -0.1) is 0 Å². The third-order valence-corrected chi connectivity index (χ3v) is 7.14. The Kier molecular flexibility index (Phi) is 7.25. The highest BCUT2D eigenvalue weighted by molar-refractivity contribution is 7.99. The van der Waals surface area contributed by atoms with E-state index in [1.165, 1.54) is 11.6 Å². The van der Waals surface area contributed by atoms with Crippen molar-refractivity contribution in [1.82, 2.24) is 18.7 Å². The van der Waals surface area contributed by atoms with Gasteiger partial charge in [-0.2, -0.15) is 0 Å². The summed E-state index contributed by atoms with van der Waals surface area (Å²) in [6.45, 7) is 4.00. The number of thioether (sulfide) groups is 1. The van der Waals surface area contributed by atoms with Gasteiger partial charge in [0.1, 0.15) is 11.4 Å². The fourth-order valence-electron chi connectivity index (χ4n) is 3.96. The summed E-state index contributed by atoms with van der Waals surface area (Å²) in [6, 6.07) is 16.1. The molecular formula is C26H27N5O4S. The minimum absolute atomic E-state index is 0.118. The molecule has 2 aromatic carbocycles. The number of fused-ring (bicyclic) bond motifs is 1. The van der Waals surface area contributed by atoms with Gasteiger partial charge < -0.3 is 5.73 Å². The minimum atomic E-state index is -0.752. The summed E-state index contributed by atoms with van der Waals surface area (Å²) in [7, 11) is 1.32. The summed E-state index contributed by atoms with van der Waals surface area (Å²) in [5, 5.41) is 0.883. The lowest BCUT2D eigenvalue weighted by molar-refractivity contribution is 0.102. The molecule has 4 aromatic rings. The number of para-hydroxylation sites is 1. The highest BCUT2D eigenvalue weighted by atomic mass is 32.2. The molecular weight excluding hydrogens is 478 g/mol. The summed E-state index contributed by atoms with van der Waals surface area (Å²) < 4.78 is 3.69. The number of rotatable bonds is 8. The SMILES string of the molecule is CCC(C)n1c(SCC(=O)c2c(N)n(Cc3ccccc3)c(=O)n(C)c2=O)nc2ccccc2c1=O. The molecule has 186 valence electrons. The number of aromatic nitrogens is 4. The molecule has 2 N–H and O–H groups in total. The lowest BCUT2D eigenvalue weighted by atomic mass is 10.2. The van der Waals surface area contributed by atoms with Crippen molar-refractivity contribution >= 4 is 34.3 Å². The minimum Gasteiger partial charge on any atom is -0.384 e. The third-order valence-electron chi connectivity index (χ3n) is 6.19. The topological polar surface area (TPSA) is 122 Å². The van der Waals surface area contributed by atoms with Crippen LogP contribution in [0.1, 0.15) is 42.2 Å². The van der Waals surface area contributed by atoms with Crippen LogP contribution in [0.2, 0.25) is 0 Å². The summed E-state index contributed by atoms with van der Waals surface area (Å²) in [4.78, 5) is 56.7. The Hall–Kier alpha value is -3.92. The molecule has 36 heavy (non-hydrogen) atoms. The molecule has 0 amide bonds. The molecule has 0 fully saturated rings. The van der Waals surface area contributed by atoms with Crippen LogP contribution in [0.3, 0.4) is 0 Å². The molecule has 0 aliphatic heterocycles. The first-order chi connectivity index (χ1) is 17.2. The molecule has 2 heterocycles. The van der Waals surface area contributed by atoms with E-state index in [0.29, 0.717) is 22.5 Å². The maximum Gasteiger partial charge on any atom is 0.332 e. The van der Waals surface area contributed by atoms with Gasteiger partial charge in [0, 0.05) is 13.1 Å². The Labute approximate surface area is 211 Å². The molecule has 0 spiro atoms. The number of nitrogens with zero attached hydrogens (tertiary/aromatic N) is 4. The molecule has 0 saturated heterocycles. The van der Waals surface area contributed by atoms with E-state index in [4.69, 9.17) is 5.73 Å². The number of hydrogen-bond acceptors (Lipinski definition) is 7. The Balaban J connectivity index is 1.72. The first-order valence-corrected chi connectivity index (χ1v) is 12.5. The summed E-state index contributed by atoms with van der Waals surface area (Å²) >= 11 is 1.07. The molecule has 0 aliphatic rings. The lowest BCUT2D eigenvalue weighted by Gasteiger charge is -2.18. The number of nitrogens with two attached hydrogens (primary N) is 1. The van der Waals surface area contributed by atoms with Gasteiger partial charge in [0.2, 0.25) is 0 Å². The van der Waals surface area contributed by atoms with Crippen LogP contribution in [0.4, 0.5) is 5.82 Å². The van der Waals surface area contributed by atoms with Gasteiger partial charge in [-0.1, -0.05) is 61.2 Å². The highest BCUT2D eigenvalue weighted by Crippen LogP contribution is 2.23. The number of ketones is 1. The van der Waals surface area contributed by atoms with Crippen LogP contribution in [0.25, 0.3) is 10.9 Å². The van der Waals surface area contributed by atoms with E-state index in [1.807, 2.05) is 44.2 Å². The number of benzene rings is 2. The van der Waals surface area contributed by atoms with Gasteiger partial charge in [-0.25, -0.2) is 9.78 Å². The van der Waals surface area contributed by atoms with Crippen molar-refractivity contribution < 1.29 is 4.79 Å². The quantitative estimate of drug-likeness (QED) is 0.222. The predicted molar refractivity (Wildman–Crippen MR) is 142 cm³/mol. The number of nitrogen functional groups attached to an aromatic ring is 1. The Morgan fingerprint density at radius 2 is 1.69 bits per heavy atom. The van der Waals surface area contributed by atoms with Crippen LogP contribution in [0.15, 0.2) is 74.1 Å². The number of Topliss-reactive ketones (excluding diaryl/α,β-unsaturated/α-hetero) is 1. The summed E-state index contributed by atoms with van der Waals surface area (Å²) in [5.74, 6) is -0.897. The van der Waals surface area contributed by atoms with E-state index in [-0.39, 0.29) is 35.3 Å². The first-order valence-electron chi connectivity index (χ1n) is 11.5. The van der Waals surface area contributed by atoms with E-state index in [2.05, 4.69) is 4.98 Å². The van der Waals surface area contributed by atoms with E-state index in [1.54, 1.807) is 28.8 Å². The third kappa shape index (κ3) is 4.64. The van der Waals surface area contributed by atoms with Crippen molar-refractivity contribution in [3.8, 4) is 0 Å². The molecule has 0 saturated carbocycles. The normalized spacial score (nSPS) is 12.1. The maximum atomic E-state index is 13.3. The summed E-state index contributed by atoms with van der Waals surface area (Å²) in [6.07, 6.45) is 0.694. The molecule has 0 bridgehead atoms. The lowest BCUT2D eigenvalue weighted by Crippen LogP contribution is -2.43. The average Bonchev–Trinajstić information content (AvgIpc) is 2.89. The monoisotopic (exact) mass is 505 g/mol. The zero-order chi connectivity index (χ0) is 26.0. The van der Waals surface area contributed by atoms with Crippen molar-refractivity contribution in [2.24, 2.45) is 7.05 Å². The Morgan fingerprint density at radius 1 is 1.03 bits per heavy atom. The van der Waals surface area contributed by atoms with Crippen LogP contribution < -0.4 is 22.5 Å². The van der Waals surface area contributed by atoms with Gasteiger partial charge in [-0.05, 0) is 31.0 Å². The molecule has 0 radical (unpaired) electrons. The smallest absolute Gasteiger partial charge is 0.332 e. The fraction of sp³-hybridized carbons (Fsp3) is 0.269. The average molecular weight is 506 g/mol. The van der Waals surface area contributed by atoms with E-state index in [0.717, 1.165) is 21.9 Å². The predicted octanol–water partition coefficient (Wildman–Crippen LogP) is 2.83. The first kappa shape index (κ1) is 25.2. The molecule has 9 nitrogen and oxygen atoms in total. The number of carbonyl (C=O) groups is 1. The van der Waals surface area contributed by atoms with E-state index < -0.39 is 17.0 Å². The van der Waals surface area contributed by atoms with Crippen molar-refractivity contribution in [3.05, 3.63) is 96.9 Å². The second kappa shape index (κ2) is 10.4. The van der Waals surface area contributed by atoms with Gasteiger partial charge in [0.15, 0.2) is 10.9 Å². The second-order valence-corrected chi connectivity index (χ2v) is 9.48. The molecule has 1 atom stereocenters. The second-order valence-electron chi connectivity index (χ2n) is 8.53. The standard InChI is InChI=1S/C26H27N5O4S/c1-4-16(2)31-23(33)18-12-8-9-13-19(18)28-25(31)36-15-20(32)21-22(27)30(26(35)29(3)24(21)34)14-17-10-6-5-7-11-17/h5-13,16H,4,14-15,27H2,1-3H3. The molecule has 2 aromatic heterocycles. The van der Waals surface area contributed by atoms with Crippen LogP contribution >= 0.6 is 11.8 Å². The number of carbonyl (C=O) groups excluding carboxylic acids is 1.